The van der Waals surface area contributed by atoms with Gasteiger partial charge in [-0.05, 0) is 33.8 Å². The maximum atomic E-state index is 12.9. The van der Waals surface area contributed by atoms with Gasteiger partial charge in [0.05, 0.1) is 25.4 Å². The lowest BCUT2D eigenvalue weighted by Crippen LogP contribution is -2.31. The summed E-state index contributed by atoms with van der Waals surface area (Å²) in [5.74, 6) is 1.29. The summed E-state index contributed by atoms with van der Waals surface area (Å²) in [6.07, 6.45) is 1.20. The molecule has 0 radical (unpaired) electrons. The molecule has 2 aromatic rings. The standard InChI is InChI=1S/C19H24N4O4/c1-6-26-17-13(8-7-9-14(17)25-5)16-15(18(24)27-11(2)3)12(4)22-19-20-10-21-23(16)19/h7-11,16H,6H2,1-5H3,(H,20,21,22)/t16-/m0/s1. The molecule has 0 fully saturated rings. The molecule has 8 heteroatoms. The molecular formula is C19H24N4O4. The first-order chi connectivity index (χ1) is 13.0. The zero-order chi connectivity index (χ0) is 19.6. The molecule has 0 saturated heterocycles. The third-order valence-corrected chi connectivity index (χ3v) is 4.17. The van der Waals surface area contributed by atoms with E-state index in [0.717, 1.165) is 5.56 Å². The number of nitrogens with one attached hydrogen (secondary N) is 1. The summed E-state index contributed by atoms with van der Waals surface area (Å²) in [6, 6.07) is 5.02. The Hall–Kier alpha value is -3.03. The molecular weight excluding hydrogens is 348 g/mol. The minimum Gasteiger partial charge on any atom is -0.493 e. The maximum absolute atomic E-state index is 12.9. The number of fused-ring (bicyclic) bond motifs is 1. The Morgan fingerprint density at radius 1 is 1.37 bits per heavy atom. The molecule has 0 spiro atoms. The number of methoxy groups -OCH3 is 1. The fourth-order valence-corrected chi connectivity index (χ4v) is 3.13. The van der Waals surface area contributed by atoms with Gasteiger partial charge >= 0.3 is 5.97 Å². The van der Waals surface area contributed by atoms with Crippen LogP contribution in [0.25, 0.3) is 0 Å². The van der Waals surface area contributed by atoms with Crippen LogP contribution in [0.15, 0.2) is 35.8 Å². The van der Waals surface area contributed by atoms with E-state index in [0.29, 0.717) is 35.3 Å². The first-order valence-electron chi connectivity index (χ1n) is 8.85. The second kappa shape index (κ2) is 7.69. The number of esters is 1. The van der Waals surface area contributed by atoms with Crippen LogP contribution in [-0.2, 0) is 9.53 Å². The molecule has 0 aliphatic carbocycles. The molecule has 1 atom stereocenters. The van der Waals surface area contributed by atoms with Crippen molar-refractivity contribution in [3.8, 4) is 11.5 Å². The second-order valence-corrected chi connectivity index (χ2v) is 6.36. The van der Waals surface area contributed by atoms with Crippen molar-refractivity contribution in [1.82, 2.24) is 14.8 Å². The number of para-hydroxylation sites is 1. The van der Waals surface area contributed by atoms with E-state index in [1.807, 2.05) is 45.9 Å². The second-order valence-electron chi connectivity index (χ2n) is 6.36. The quantitative estimate of drug-likeness (QED) is 0.780. The number of carbonyl (C=O) groups is 1. The Kier molecular flexibility index (Phi) is 5.34. The number of ether oxygens (including phenoxy) is 3. The van der Waals surface area contributed by atoms with Crippen molar-refractivity contribution >= 4 is 11.9 Å². The molecule has 2 heterocycles. The maximum Gasteiger partial charge on any atom is 0.338 e. The van der Waals surface area contributed by atoms with Crippen LogP contribution < -0.4 is 14.8 Å². The molecule has 3 rings (SSSR count). The lowest BCUT2D eigenvalue weighted by molar-refractivity contribution is -0.143. The largest absolute Gasteiger partial charge is 0.493 e. The number of allylic oxidation sites excluding steroid dienone is 1. The highest BCUT2D eigenvalue weighted by atomic mass is 16.5. The van der Waals surface area contributed by atoms with E-state index >= 15 is 0 Å². The molecule has 144 valence electrons. The molecule has 1 aromatic carbocycles. The highest BCUT2D eigenvalue weighted by Gasteiger charge is 2.37. The van der Waals surface area contributed by atoms with Gasteiger partial charge in [0.1, 0.15) is 12.4 Å². The summed E-state index contributed by atoms with van der Waals surface area (Å²) in [5.41, 5.74) is 1.87. The molecule has 0 unspecified atom stereocenters. The number of carbonyl (C=O) groups excluding carboxylic acids is 1. The number of hydrogen-bond acceptors (Lipinski definition) is 7. The Bertz CT molecular complexity index is 872. The summed E-state index contributed by atoms with van der Waals surface area (Å²) < 4.78 is 18.5. The summed E-state index contributed by atoms with van der Waals surface area (Å²) in [6.45, 7) is 7.81. The Labute approximate surface area is 158 Å². The van der Waals surface area contributed by atoms with Crippen LogP contribution in [0.5, 0.6) is 11.5 Å². The average molecular weight is 372 g/mol. The van der Waals surface area contributed by atoms with Crippen molar-refractivity contribution in [1.29, 1.82) is 0 Å². The number of nitrogens with zero attached hydrogens (tertiary/aromatic N) is 3. The third-order valence-electron chi connectivity index (χ3n) is 4.17. The molecule has 0 saturated carbocycles. The van der Waals surface area contributed by atoms with E-state index in [4.69, 9.17) is 14.2 Å². The monoisotopic (exact) mass is 372 g/mol. The van der Waals surface area contributed by atoms with Gasteiger partial charge in [-0.1, -0.05) is 12.1 Å². The van der Waals surface area contributed by atoms with E-state index in [2.05, 4.69) is 15.4 Å². The van der Waals surface area contributed by atoms with Crippen LogP contribution in [0.2, 0.25) is 0 Å². The number of hydrogen-bond donors (Lipinski definition) is 1. The van der Waals surface area contributed by atoms with Crippen LogP contribution in [-0.4, -0.2) is 40.6 Å². The van der Waals surface area contributed by atoms with E-state index < -0.39 is 12.0 Å². The van der Waals surface area contributed by atoms with Crippen molar-refractivity contribution < 1.29 is 19.0 Å². The van der Waals surface area contributed by atoms with Gasteiger partial charge in [0.2, 0.25) is 5.95 Å². The minimum atomic E-state index is -0.549. The van der Waals surface area contributed by atoms with Gasteiger partial charge in [-0.15, -0.1) is 0 Å². The summed E-state index contributed by atoms with van der Waals surface area (Å²) in [7, 11) is 1.58. The topological polar surface area (TPSA) is 87.5 Å². The third kappa shape index (κ3) is 3.47. The van der Waals surface area contributed by atoms with Crippen molar-refractivity contribution in [2.45, 2.75) is 39.8 Å². The summed E-state index contributed by atoms with van der Waals surface area (Å²) in [4.78, 5) is 17.1. The Balaban J connectivity index is 2.20. The molecule has 8 nitrogen and oxygen atoms in total. The highest BCUT2D eigenvalue weighted by molar-refractivity contribution is 5.92. The van der Waals surface area contributed by atoms with Crippen LogP contribution in [0, 0.1) is 0 Å². The zero-order valence-electron chi connectivity index (χ0n) is 16.1. The Morgan fingerprint density at radius 2 is 2.15 bits per heavy atom. The van der Waals surface area contributed by atoms with Crippen molar-refractivity contribution in [2.75, 3.05) is 19.0 Å². The first kappa shape index (κ1) is 18.8. The zero-order valence-corrected chi connectivity index (χ0v) is 16.1. The SMILES string of the molecule is CCOc1c(OC)cccc1[C@H]1C(C(=O)OC(C)C)=C(C)Nc2ncnn21. The molecule has 1 N–H and O–H groups in total. The number of rotatable bonds is 6. The van der Waals surface area contributed by atoms with E-state index in [1.54, 1.807) is 11.8 Å². The van der Waals surface area contributed by atoms with Crippen LogP contribution in [0.4, 0.5) is 5.95 Å². The van der Waals surface area contributed by atoms with Crippen molar-refractivity contribution in [2.24, 2.45) is 0 Å². The smallest absolute Gasteiger partial charge is 0.338 e. The minimum absolute atomic E-state index is 0.243. The van der Waals surface area contributed by atoms with Gasteiger partial charge in [0.25, 0.3) is 0 Å². The fraction of sp³-hybridized carbons (Fsp3) is 0.421. The van der Waals surface area contributed by atoms with Crippen LogP contribution in [0.1, 0.15) is 39.3 Å². The van der Waals surface area contributed by atoms with E-state index in [1.165, 1.54) is 6.33 Å². The molecule has 1 aliphatic heterocycles. The predicted molar refractivity (Wildman–Crippen MR) is 99.9 cm³/mol. The Morgan fingerprint density at radius 3 is 2.81 bits per heavy atom. The molecule has 1 aliphatic rings. The number of anilines is 1. The molecule has 1 aromatic heterocycles. The lowest BCUT2D eigenvalue weighted by Gasteiger charge is -2.30. The average Bonchev–Trinajstić information content (AvgIpc) is 3.08. The fourth-order valence-electron chi connectivity index (χ4n) is 3.13. The summed E-state index contributed by atoms with van der Waals surface area (Å²) >= 11 is 0. The molecule has 0 bridgehead atoms. The predicted octanol–water partition coefficient (Wildman–Crippen LogP) is 2.93. The van der Waals surface area contributed by atoms with Gasteiger partial charge in [0, 0.05) is 11.3 Å². The van der Waals surface area contributed by atoms with Gasteiger partial charge in [0.15, 0.2) is 11.5 Å². The normalized spacial score (nSPS) is 16.0. The molecule has 0 amide bonds. The van der Waals surface area contributed by atoms with Crippen molar-refractivity contribution in [3.05, 3.63) is 41.4 Å². The molecule has 27 heavy (non-hydrogen) atoms. The number of aromatic nitrogens is 3. The number of benzene rings is 1. The van der Waals surface area contributed by atoms with Gasteiger partial charge in [-0.3, -0.25) is 0 Å². The van der Waals surface area contributed by atoms with Gasteiger partial charge in [-0.2, -0.15) is 10.1 Å². The van der Waals surface area contributed by atoms with Crippen LogP contribution in [0.3, 0.4) is 0 Å². The van der Waals surface area contributed by atoms with Crippen molar-refractivity contribution in [3.63, 3.8) is 0 Å². The first-order valence-corrected chi connectivity index (χ1v) is 8.85. The van der Waals surface area contributed by atoms with Crippen LogP contribution >= 0.6 is 0 Å². The van der Waals surface area contributed by atoms with Gasteiger partial charge in [-0.25, -0.2) is 9.48 Å². The van der Waals surface area contributed by atoms with Gasteiger partial charge < -0.3 is 19.5 Å². The lowest BCUT2D eigenvalue weighted by atomic mass is 9.94. The highest BCUT2D eigenvalue weighted by Crippen LogP contribution is 2.42. The van der Waals surface area contributed by atoms with E-state index in [9.17, 15) is 4.79 Å². The van der Waals surface area contributed by atoms with E-state index in [-0.39, 0.29) is 6.10 Å². The summed E-state index contributed by atoms with van der Waals surface area (Å²) in [5, 5.41) is 7.44.